The van der Waals surface area contributed by atoms with E-state index in [1.54, 1.807) is 32.1 Å². The predicted octanol–water partition coefficient (Wildman–Crippen LogP) is 2.52. The average Bonchev–Trinajstić information content (AvgIpc) is 3.59. The first-order chi connectivity index (χ1) is 22.5. The highest BCUT2D eigenvalue weighted by Gasteiger charge is 2.44. The van der Waals surface area contributed by atoms with Gasteiger partial charge in [-0.2, -0.15) is 0 Å². The maximum atomic E-state index is 13.8. The van der Waals surface area contributed by atoms with Crippen molar-refractivity contribution < 1.29 is 37.9 Å². The molecule has 14 heteroatoms. The number of aromatic amines is 1. The molecule has 3 aliphatic rings. The van der Waals surface area contributed by atoms with E-state index in [1.807, 2.05) is 0 Å². The van der Waals surface area contributed by atoms with Gasteiger partial charge in [0.25, 0.3) is 23.6 Å². The third-order valence-electron chi connectivity index (χ3n) is 8.30. The zero-order valence-corrected chi connectivity index (χ0v) is 25.5. The number of rotatable bonds is 10. The van der Waals surface area contributed by atoms with E-state index in [0.717, 1.165) is 4.90 Å². The Bertz CT molecular complexity index is 1900. The summed E-state index contributed by atoms with van der Waals surface area (Å²) in [6, 6.07) is 7.77. The lowest BCUT2D eigenvalue weighted by Crippen LogP contribution is -2.54. The van der Waals surface area contributed by atoms with Gasteiger partial charge in [-0.3, -0.25) is 39.0 Å². The molecule has 47 heavy (non-hydrogen) atoms. The number of benzene rings is 2. The van der Waals surface area contributed by atoms with Gasteiger partial charge in [0.1, 0.15) is 11.9 Å². The van der Waals surface area contributed by atoms with Crippen molar-refractivity contribution in [3.05, 3.63) is 81.4 Å². The number of nitrogens with zero attached hydrogens (tertiary/aromatic N) is 1. The number of carbonyl (C=O) groups is 6. The summed E-state index contributed by atoms with van der Waals surface area (Å²) in [5.41, 5.74) is 4.49. The molecular formula is C33H31FN6O7. The Kier molecular flexibility index (Phi) is 8.43. The Morgan fingerprint density at radius 3 is 2.53 bits per heavy atom. The Balaban J connectivity index is 0.973. The van der Waals surface area contributed by atoms with Crippen molar-refractivity contribution in [2.75, 3.05) is 36.9 Å². The molecule has 1 aromatic heterocycles. The average molecular weight is 643 g/mol. The van der Waals surface area contributed by atoms with Crippen molar-refractivity contribution in [2.24, 2.45) is 0 Å². The molecule has 1 fully saturated rings. The van der Waals surface area contributed by atoms with E-state index in [9.17, 15) is 33.2 Å². The van der Waals surface area contributed by atoms with E-state index < -0.39 is 35.5 Å². The summed E-state index contributed by atoms with van der Waals surface area (Å²) in [6.07, 6.45) is 1.74. The van der Waals surface area contributed by atoms with Crippen LogP contribution in [0.1, 0.15) is 66.4 Å². The number of aromatic nitrogens is 1. The molecule has 0 spiro atoms. The van der Waals surface area contributed by atoms with Gasteiger partial charge < -0.3 is 25.7 Å². The van der Waals surface area contributed by atoms with E-state index >= 15 is 0 Å². The van der Waals surface area contributed by atoms with Crippen LogP contribution < -0.4 is 21.3 Å². The van der Waals surface area contributed by atoms with Crippen LogP contribution in [0.2, 0.25) is 0 Å². The van der Waals surface area contributed by atoms with Crippen molar-refractivity contribution in [3.63, 3.8) is 0 Å². The molecule has 6 rings (SSSR count). The van der Waals surface area contributed by atoms with Gasteiger partial charge in [0.15, 0.2) is 0 Å². The van der Waals surface area contributed by atoms with Crippen LogP contribution >= 0.6 is 0 Å². The standard InChI is InChI=1S/C33H31FN6O7/c1-16-25(15-22-21-13-18(34)3-6-24(21)38-29(22)42)37-17(2)28(16)31(44)36-10-12-47-11-9-35-19-4-5-20-23(14-19)33(46)40(32(20)45)26-7-8-27(41)39-30(26)43/h3-6,13-15,26,35,37H,7-12H2,1-2H3,(H,36,44)(H,38,42)(H,39,41,43)/b22-15-. The number of nitrogens with one attached hydrogen (secondary N) is 5. The van der Waals surface area contributed by atoms with Crippen molar-refractivity contribution >= 4 is 58.5 Å². The molecule has 242 valence electrons. The van der Waals surface area contributed by atoms with Gasteiger partial charge in [-0.1, -0.05) is 0 Å². The normalized spacial score (nSPS) is 17.9. The van der Waals surface area contributed by atoms with Crippen LogP contribution in [0, 0.1) is 19.7 Å². The summed E-state index contributed by atoms with van der Waals surface area (Å²) in [4.78, 5) is 79.1. The second-order valence-corrected chi connectivity index (χ2v) is 11.4. The molecule has 13 nitrogen and oxygen atoms in total. The molecule has 3 aromatic rings. The number of hydrogen-bond acceptors (Lipinski definition) is 8. The topological polar surface area (TPSA) is 179 Å². The predicted molar refractivity (Wildman–Crippen MR) is 168 cm³/mol. The summed E-state index contributed by atoms with van der Waals surface area (Å²) in [7, 11) is 0. The fourth-order valence-electron chi connectivity index (χ4n) is 5.98. The second kappa shape index (κ2) is 12.6. The number of carbonyl (C=O) groups excluding carboxylic acids is 6. The van der Waals surface area contributed by atoms with Gasteiger partial charge in [0, 0.05) is 47.8 Å². The lowest BCUT2D eigenvalue weighted by atomic mass is 10.0. The van der Waals surface area contributed by atoms with E-state index in [1.165, 1.54) is 24.3 Å². The Labute approximate surface area is 267 Å². The number of piperidine rings is 1. The molecule has 1 unspecified atom stereocenters. The highest BCUT2D eigenvalue weighted by molar-refractivity contribution is 6.35. The summed E-state index contributed by atoms with van der Waals surface area (Å²) in [6.45, 7) is 4.64. The first-order valence-electron chi connectivity index (χ1n) is 15.0. The van der Waals surface area contributed by atoms with Gasteiger partial charge >= 0.3 is 0 Å². The molecule has 0 bridgehead atoms. The first kappa shape index (κ1) is 31.4. The number of fused-ring (bicyclic) bond motifs is 2. The fraction of sp³-hybridized carbons (Fsp3) is 0.273. The third-order valence-corrected chi connectivity index (χ3v) is 8.30. The minimum Gasteiger partial charge on any atom is -0.383 e. The summed E-state index contributed by atoms with van der Waals surface area (Å²) in [5.74, 6) is -3.38. The Hall–Kier alpha value is -5.63. The molecular weight excluding hydrogens is 611 g/mol. The minimum atomic E-state index is -1.03. The van der Waals surface area contributed by atoms with Crippen molar-refractivity contribution in [1.29, 1.82) is 0 Å². The van der Waals surface area contributed by atoms with Crippen molar-refractivity contribution in [2.45, 2.75) is 32.7 Å². The van der Waals surface area contributed by atoms with Crippen LogP contribution in [0.5, 0.6) is 0 Å². The van der Waals surface area contributed by atoms with E-state index in [4.69, 9.17) is 4.74 Å². The number of anilines is 2. The molecule has 2 aromatic carbocycles. The van der Waals surface area contributed by atoms with Gasteiger partial charge in [0.2, 0.25) is 11.8 Å². The smallest absolute Gasteiger partial charge is 0.262 e. The number of imide groups is 2. The van der Waals surface area contributed by atoms with Crippen LogP contribution in [0.15, 0.2) is 36.4 Å². The lowest BCUT2D eigenvalue weighted by molar-refractivity contribution is -0.136. The quantitative estimate of drug-likeness (QED) is 0.127. The van der Waals surface area contributed by atoms with E-state index in [-0.39, 0.29) is 55.5 Å². The van der Waals surface area contributed by atoms with E-state index in [2.05, 4.69) is 26.3 Å². The van der Waals surface area contributed by atoms with Gasteiger partial charge in [-0.25, -0.2) is 4.39 Å². The SMILES string of the molecule is Cc1[nH]c(/C=C2\C(=O)Nc3ccc(F)cc32)c(C)c1C(=O)NCCOCCNc1ccc2c(c1)C(=O)N(C1CCC(=O)NC1=O)C2=O. The zero-order chi connectivity index (χ0) is 33.4. The second-order valence-electron chi connectivity index (χ2n) is 11.4. The highest BCUT2D eigenvalue weighted by atomic mass is 19.1. The van der Waals surface area contributed by atoms with Gasteiger partial charge in [-0.05, 0) is 68.3 Å². The van der Waals surface area contributed by atoms with Gasteiger partial charge in [0.05, 0.1) is 35.5 Å². The maximum absolute atomic E-state index is 13.8. The van der Waals surface area contributed by atoms with Crippen LogP contribution in [-0.4, -0.2) is 77.7 Å². The van der Waals surface area contributed by atoms with Crippen LogP contribution in [0.4, 0.5) is 15.8 Å². The molecule has 0 aliphatic carbocycles. The Morgan fingerprint density at radius 2 is 1.74 bits per heavy atom. The van der Waals surface area contributed by atoms with Crippen LogP contribution in [0.3, 0.4) is 0 Å². The Morgan fingerprint density at radius 1 is 0.979 bits per heavy atom. The number of amides is 6. The molecule has 0 saturated carbocycles. The zero-order valence-electron chi connectivity index (χ0n) is 25.5. The third kappa shape index (κ3) is 6.02. The maximum Gasteiger partial charge on any atom is 0.262 e. The molecule has 0 radical (unpaired) electrons. The molecule has 5 N–H and O–H groups in total. The molecule has 3 aliphatic heterocycles. The van der Waals surface area contributed by atoms with E-state index in [0.29, 0.717) is 51.6 Å². The first-order valence-corrected chi connectivity index (χ1v) is 15.0. The monoisotopic (exact) mass is 642 g/mol. The summed E-state index contributed by atoms with van der Waals surface area (Å²) in [5, 5.41) is 10.8. The number of hydrogen-bond donors (Lipinski definition) is 5. The van der Waals surface area contributed by atoms with Gasteiger partial charge in [-0.15, -0.1) is 0 Å². The van der Waals surface area contributed by atoms with Crippen LogP contribution in [0.25, 0.3) is 11.6 Å². The number of ether oxygens (including phenoxy) is 1. The summed E-state index contributed by atoms with van der Waals surface area (Å²) >= 11 is 0. The van der Waals surface area contributed by atoms with Crippen molar-refractivity contribution in [3.8, 4) is 0 Å². The lowest BCUT2D eigenvalue weighted by Gasteiger charge is -2.27. The highest BCUT2D eigenvalue weighted by Crippen LogP contribution is 2.34. The molecule has 1 atom stereocenters. The molecule has 6 amide bonds. The van der Waals surface area contributed by atoms with Crippen LogP contribution in [-0.2, 0) is 19.1 Å². The summed E-state index contributed by atoms with van der Waals surface area (Å²) < 4.78 is 19.4. The minimum absolute atomic E-state index is 0.0478. The fourth-order valence-corrected chi connectivity index (χ4v) is 5.98. The van der Waals surface area contributed by atoms with Crippen molar-refractivity contribution in [1.82, 2.24) is 20.5 Å². The number of aryl methyl sites for hydroxylation is 1. The number of halogens is 1. The molecule has 4 heterocycles. The largest absolute Gasteiger partial charge is 0.383 e. The molecule has 1 saturated heterocycles. The number of H-pyrrole nitrogens is 1.